The van der Waals surface area contributed by atoms with Crippen LogP contribution in [0, 0.1) is 0 Å². The van der Waals surface area contributed by atoms with Gasteiger partial charge in [0.05, 0.1) is 12.3 Å². The monoisotopic (exact) mass is 295 g/mol. The van der Waals surface area contributed by atoms with Crippen molar-refractivity contribution in [3.63, 3.8) is 0 Å². The lowest BCUT2D eigenvalue weighted by Crippen LogP contribution is -2.15. The van der Waals surface area contributed by atoms with Crippen molar-refractivity contribution in [2.45, 2.75) is 18.8 Å². The third-order valence-electron chi connectivity index (χ3n) is 4.25. The number of phenolic OH excluding ortho intramolecular Hbond substituents is 1. The van der Waals surface area contributed by atoms with E-state index in [4.69, 9.17) is 4.74 Å². The Kier molecular flexibility index (Phi) is 3.27. The zero-order valence-electron chi connectivity index (χ0n) is 12.1. The molecule has 0 spiro atoms. The van der Waals surface area contributed by atoms with Gasteiger partial charge in [-0.2, -0.15) is 0 Å². The number of phenols is 1. The molecular weight excluding hydrogens is 278 g/mol. The number of rotatable bonds is 2. The number of nitrogens with one attached hydrogen (secondary N) is 1. The van der Waals surface area contributed by atoms with Crippen molar-refractivity contribution < 1.29 is 9.84 Å². The number of nitrogens with zero attached hydrogens (tertiary/aromatic N) is 2. The van der Waals surface area contributed by atoms with E-state index in [1.165, 1.54) is 5.56 Å². The summed E-state index contributed by atoms with van der Waals surface area (Å²) in [6, 6.07) is 9.19. The van der Waals surface area contributed by atoms with Crippen LogP contribution in [0.25, 0.3) is 22.3 Å². The average Bonchev–Trinajstić information content (AvgIpc) is 2.99. The predicted molar refractivity (Wildman–Crippen MR) is 83.8 cm³/mol. The third kappa shape index (κ3) is 2.23. The fourth-order valence-electron chi connectivity index (χ4n) is 3.09. The number of hydrogen-bond acceptors (Lipinski definition) is 4. The van der Waals surface area contributed by atoms with Crippen LogP contribution in [0.15, 0.2) is 36.5 Å². The highest BCUT2D eigenvalue weighted by atomic mass is 16.5. The first-order valence-electron chi connectivity index (χ1n) is 7.54. The molecule has 112 valence electrons. The summed E-state index contributed by atoms with van der Waals surface area (Å²) in [5.41, 5.74) is 3.38. The Morgan fingerprint density at radius 1 is 1.23 bits per heavy atom. The summed E-state index contributed by atoms with van der Waals surface area (Å²) < 4.78 is 5.60. The molecule has 2 aromatic heterocycles. The zero-order valence-corrected chi connectivity index (χ0v) is 12.1. The molecule has 2 N–H and O–H groups in total. The van der Waals surface area contributed by atoms with Crippen LogP contribution < -0.4 is 0 Å². The molecule has 0 radical (unpaired) electrons. The van der Waals surface area contributed by atoms with Gasteiger partial charge in [0.15, 0.2) is 5.65 Å². The van der Waals surface area contributed by atoms with Gasteiger partial charge in [-0.25, -0.2) is 0 Å². The fraction of sp³-hybridized carbons (Fsp3) is 0.294. The minimum Gasteiger partial charge on any atom is -0.507 e. The van der Waals surface area contributed by atoms with Gasteiger partial charge in [0.25, 0.3) is 0 Å². The Bertz CT molecular complexity index is 807. The first kappa shape index (κ1) is 13.3. The van der Waals surface area contributed by atoms with Crippen molar-refractivity contribution in [1.82, 2.24) is 15.2 Å². The lowest BCUT2D eigenvalue weighted by molar-refractivity contribution is 0.0808. The summed E-state index contributed by atoms with van der Waals surface area (Å²) in [5, 5.41) is 19.5. The number of H-pyrrole nitrogens is 1. The van der Waals surface area contributed by atoms with E-state index in [0.717, 1.165) is 37.1 Å². The Morgan fingerprint density at radius 2 is 2.14 bits per heavy atom. The number of benzene rings is 1. The third-order valence-corrected chi connectivity index (χ3v) is 4.25. The van der Waals surface area contributed by atoms with Crippen LogP contribution in [-0.2, 0) is 4.74 Å². The highest BCUT2D eigenvalue weighted by Gasteiger charge is 2.20. The van der Waals surface area contributed by atoms with E-state index >= 15 is 0 Å². The Morgan fingerprint density at radius 3 is 2.95 bits per heavy atom. The summed E-state index contributed by atoms with van der Waals surface area (Å²) in [4.78, 5) is 3.19. The van der Waals surface area contributed by atoms with E-state index in [1.807, 2.05) is 24.4 Å². The number of aromatic nitrogens is 3. The quantitative estimate of drug-likeness (QED) is 0.761. The van der Waals surface area contributed by atoms with Gasteiger partial charge in [0.1, 0.15) is 5.75 Å². The lowest BCUT2D eigenvalue weighted by atomic mass is 9.93. The molecule has 1 aromatic carbocycles. The molecule has 0 amide bonds. The summed E-state index contributed by atoms with van der Waals surface area (Å²) in [6.07, 6.45) is 4.22. The van der Waals surface area contributed by atoms with Crippen LogP contribution in [-0.4, -0.2) is 33.5 Å². The van der Waals surface area contributed by atoms with E-state index < -0.39 is 0 Å². The number of hydrogen-bond donors (Lipinski definition) is 2. The number of aromatic hydroxyl groups is 1. The predicted octanol–water partition coefficient (Wildman–Crippen LogP) is 3.22. The maximum absolute atomic E-state index is 10.0. The highest BCUT2D eigenvalue weighted by Crippen LogP contribution is 2.33. The maximum atomic E-state index is 10.0. The Labute approximate surface area is 128 Å². The molecule has 22 heavy (non-hydrogen) atoms. The number of fused-ring (bicyclic) bond motifs is 1. The molecule has 3 aromatic rings. The molecular formula is C17H17N3O2. The number of para-hydroxylation sites is 1. The average molecular weight is 295 g/mol. The van der Waals surface area contributed by atoms with Gasteiger partial charge < -0.3 is 14.8 Å². The van der Waals surface area contributed by atoms with Crippen LogP contribution in [0.5, 0.6) is 5.75 Å². The van der Waals surface area contributed by atoms with Gasteiger partial charge in [0.2, 0.25) is 0 Å². The summed E-state index contributed by atoms with van der Waals surface area (Å²) in [5.74, 6) is 0.609. The van der Waals surface area contributed by atoms with Crippen LogP contribution in [0.2, 0.25) is 0 Å². The Hall–Kier alpha value is -2.40. The molecule has 1 atom stereocenters. The first-order chi connectivity index (χ1) is 10.8. The molecule has 1 aliphatic rings. The molecule has 0 bridgehead atoms. The largest absolute Gasteiger partial charge is 0.507 e. The van der Waals surface area contributed by atoms with Crippen molar-refractivity contribution in [3.05, 3.63) is 42.1 Å². The summed E-state index contributed by atoms with van der Waals surface area (Å²) in [6.45, 7) is 1.60. The minimum atomic E-state index is 0.217. The van der Waals surface area contributed by atoms with Crippen molar-refractivity contribution >= 4 is 11.0 Å². The van der Waals surface area contributed by atoms with Gasteiger partial charge in [0, 0.05) is 29.7 Å². The molecule has 5 nitrogen and oxygen atoms in total. The van der Waals surface area contributed by atoms with E-state index in [1.54, 1.807) is 12.1 Å². The minimum absolute atomic E-state index is 0.217. The normalized spacial score (nSPS) is 18.6. The molecule has 0 aliphatic carbocycles. The Balaban J connectivity index is 1.81. The molecule has 1 fully saturated rings. The molecule has 3 heterocycles. The van der Waals surface area contributed by atoms with Crippen LogP contribution in [0.3, 0.4) is 0 Å². The summed E-state index contributed by atoms with van der Waals surface area (Å²) in [7, 11) is 0. The second kappa shape index (κ2) is 5.42. The lowest BCUT2D eigenvalue weighted by Gasteiger charge is -2.21. The van der Waals surface area contributed by atoms with E-state index in [0.29, 0.717) is 17.2 Å². The molecule has 1 saturated heterocycles. The molecule has 1 aliphatic heterocycles. The zero-order chi connectivity index (χ0) is 14.9. The van der Waals surface area contributed by atoms with Crippen molar-refractivity contribution in [2.24, 2.45) is 0 Å². The maximum Gasteiger partial charge on any atom is 0.160 e. The smallest absolute Gasteiger partial charge is 0.160 e. The van der Waals surface area contributed by atoms with Crippen molar-refractivity contribution in [1.29, 1.82) is 0 Å². The highest BCUT2D eigenvalue weighted by molar-refractivity contribution is 5.84. The van der Waals surface area contributed by atoms with Gasteiger partial charge in [-0.05, 0) is 36.6 Å². The number of ether oxygens (including phenoxy) is 1. The molecule has 5 heteroatoms. The van der Waals surface area contributed by atoms with E-state index in [2.05, 4.69) is 15.2 Å². The van der Waals surface area contributed by atoms with Crippen molar-refractivity contribution in [2.75, 3.05) is 13.2 Å². The SMILES string of the molecule is Oc1ccccc1-c1cc2c(C3CCCOC3)c[nH]c2nn1. The molecule has 0 saturated carbocycles. The second-order valence-corrected chi connectivity index (χ2v) is 5.67. The fourth-order valence-corrected chi connectivity index (χ4v) is 3.09. The summed E-state index contributed by atoms with van der Waals surface area (Å²) >= 11 is 0. The van der Waals surface area contributed by atoms with Gasteiger partial charge >= 0.3 is 0 Å². The topological polar surface area (TPSA) is 71.0 Å². The second-order valence-electron chi connectivity index (χ2n) is 5.67. The first-order valence-corrected chi connectivity index (χ1v) is 7.54. The van der Waals surface area contributed by atoms with Gasteiger partial charge in [-0.15, -0.1) is 10.2 Å². The van der Waals surface area contributed by atoms with Gasteiger partial charge in [-0.3, -0.25) is 0 Å². The number of aromatic amines is 1. The molecule has 4 rings (SSSR count). The van der Waals surface area contributed by atoms with E-state index in [9.17, 15) is 5.11 Å². The van der Waals surface area contributed by atoms with Crippen LogP contribution in [0.1, 0.15) is 24.3 Å². The molecule has 1 unspecified atom stereocenters. The van der Waals surface area contributed by atoms with Crippen LogP contribution >= 0.6 is 0 Å². The standard InChI is InChI=1S/C17H17N3O2/c21-16-6-2-1-5-12(16)15-8-13-14(9-18-17(13)20-19-15)11-4-3-7-22-10-11/h1-2,5-6,8-9,11,21H,3-4,7,10H2,(H,18,20). The van der Waals surface area contributed by atoms with Gasteiger partial charge in [-0.1, -0.05) is 12.1 Å². The van der Waals surface area contributed by atoms with E-state index in [-0.39, 0.29) is 5.75 Å². The van der Waals surface area contributed by atoms with Crippen LogP contribution in [0.4, 0.5) is 0 Å². The van der Waals surface area contributed by atoms with Crippen molar-refractivity contribution in [3.8, 4) is 17.0 Å².